The zero-order valence-electron chi connectivity index (χ0n) is 23.5. The number of benzene rings is 2. The lowest BCUT2D eigenvalue weighted by molar-refractivity contribution is 0.0503. The highest BCUT2D eigenvalue weighted by Crippen LogP contribution is 2.30. The van der Waals surface area contributed by atoms with Crippen LogP contribution < -0.4 is 26.4 Å². The van der Waals surface area contributed by atoms with Gasteiger partial charge in [-0.2, -0.15) is 0 Å². The number of nitrogens with zero attached hydrogens (tertiary/aromatic N) is 2. The summed E-state index contributed by atoms with van der Waals surface area (Å²) < 4.78 is 26.1. The summed E-state index contributed by atoms with van der Waals surface area (Å²) in [5, 5.41) is 9.83. The fourth-order valence-electron chi connectivity index (χ4n) is 4.20. The number of methoxy groups -OCH3 is 1. The fourth-order valence-corrected chi connectivity index (χ4v) is 4.20. The van der Waals surface area contributed by atoms with E-state index >= 15 is 4.39 Å². The third kappa shape index (κ3) is 7.38. The molecule has 10 nitrogen and oxygen atoms in total. The van der Waals surface area contributed by atoms with E-state index in [1.807, 2.05) is 24.3 Å². The van der Waals surface area contributed by atoms with Crippen LogP contribution in [0.2, 0.25) is 0 Å². The molecule has 0 fully saturated rings. The summed E-state index contributed by atoms with van der Waals surface area (Å²) in [7, 11) is 1.55. The number of pyridine rings is 2. The van der Waals surface area contributed by atoms with Crippen LogP contribution in [0.25, 0.3) is 10.9 Å². The number of nitrogens with one attached hydrogen (secondary N) is 3. The quantitative estimate of drug-likeness (QED) is 0.205. The van der Waals surface area contributed by atoms with Gasteiger partial charge in [0.15, 0.2) is 11.6 Å². The molecule has 41 heavy (non-hydrogen) atoms. The highest BCUT2D eigenvalue weighted by atomic mass is 19.1. The van der Waals surface area contributed by atoms with Crippen LogP contribution in [0.5, 0.6) is 5.75 Å². The number of aromatic nitrogens is 2. The van der Waals surface area contributed by atoms with Gasteiger partial charge in [0.1, 0.15) is 17.2 Å². The van der Waals surface area contributed by atoms with Gasteiger partial charge >= 0.3 is 6.09 Å². The lowest BCUT2D eigenvalue weighted by atomic mass is 10.00. The third-order valence-corrected chi connectivity index (χ3v) is 6.12. The number of carbonyl (C=O) groups excluding carboxylic acids is 2. The molecule has 0 saturated carbocycles. The molecule has 0 aliphatic heterocycles. The Morgan fingerprint density at radius 1 is 1.02 bits per heavy atom. The number of halogens is 1. The average Bonchev–Trinajstić information content (AvgIpc) is 2.91. The first kappa shape index (κ1) is 29.1. The molecule has 0 saturated heterocycles. The Balaban J connectivity index is 1.69. The Hall–Kier alpha value is -4.93. The van der Waals surface area contributed by atoms with Gasteiger partial charge < -0.3 is 31.2 Å². The highest BCUT2D eigenvalue weighted by molar-refractivity contribution is 5.99. The van der Waals surface area contributed by atoms with Gasteiger partial charge in [0, 0.05) is 17.3 Å². The zero-order chi connectivity index (χ0) is 29.7. The number of hydrogen-bond donors (Lipinski definition) is 4. The minimum atomic E-state index is -0.848. The number of ether oxygens (including phenoxy) is 2. The van der Waals surface area contributed by atoms with Gasteiger partial charge in [-0.15, -0.1) is 0 Å². The molecule has 4 aromatic rings. The second kappa shape index (κ2) is 12.1. The molecule has 0 bridgehead atoms. The summed E-state index contributed by atoms with van der Waals surface area (Å²) in [5.74, 6) is -1.11. The zero-order valence-corrected chi connectivity index (χ0v) is 23.5. The monoisotopic (exact) mass is 560 g/mol. The molecular formula is C30H33FN6O4. The van der Waals surface area contributed by atoms with E-state index < -0.39 is 35.5 Å². The van der Waals surface area contributed by atoms with Crippen LogP contribution in [0.15, 0.2) is 66.9 Å². The number of rotatable bonds is 9. The van der Waals surface area contributed by atoms with Crippen LogP contribution >= 0.6 is 0 Å². The van der Waals surface area contributed by atoms with Crippen LogP contribution in [-0.4, -0.2) is 40.7 Å². The van der Waals surface area contributed by atoms with E-state index in [1.165, 1.54) is 0 Å². The molecule has 214 valence electrons. The fraction of sp³-hybridized carbons (Fsp3) is 0.267. The predicted octanol–water partition coefficient (Wildman–Crippen LogP) is 5.69. The van der Waals surface area contributed by atoms with E-state index in [0.717, 1.165) is 17.0 Å². The van der Waals surface area contributed by atoms with E-state index in [1.54, 1.807) is 71.3 Å². The summed E-state index contributed by atoms with van der Waals surface area (Å²) in [4.78, 5) is 33.5. The topological polar surface area (TPSA) is 140 Å². The van der Waals surface area contributed by atoms with Crippen molar-refractivity contribution in [2.45, 2.75) is 45.4 Å². The molecule has 2 aromatic heterocycles. The molecule has 0 aliphatic rings. The summed E-state index contributed by atoms with van der Waals surface area (Å²) in [6.07, 6.45) is 1.06. The van der Waals surface area contributed by atoms with Gasteiger partial charge in [-0.25, -0.2) is 14.2 Å². The molecule has 2 heterocycles. The number of hydrogen-bond acceptors (Lipinski definition) is 8. The van der Waals surface area contributed by atoms with Crippen LogP contribution in [-0.2, 0) is 4.74 Å². The molecule has 0 radical (unpaired) electrons. The van der Waals surface area contributed by atoms with Gasteiger partial charge in [-0.05, 0) is 75.7 Å². The first-order valence-corrected chi connectivity index (χ1v) is 13.0. The van der Waals surface area contributed by atoms with Gasteiger partial charge in [0.2, 0.25) is 0 Å². The smallest absolute Gasteiger partial charge is 0.407 e. The second-order valence-electron chi connectivity index (χ2n) is 10.4. The second-order valence-corrected chi connectivity index (χ2v) is 10.4. The standard InChI is InChI=1S/C30H33FN6O4/c1-17(34-29(39)41-30(2,3)4)25(18-8-11-21(40-5)12-9-18)36-28-23(31)16-22(26(32)38)27(37-28)35-20-10-13-24-19(15-20)7-6-14-33-24/h6-17,25H,1-5H3,(H2,32,38)(H,34,39)(H2,35,36,37)/t17-,25-/m0/s1. The number of alkyl carbamates (subject to hydrolysis) is 1. The minimum absolute atomic E-state index is 0.0610. The van der Waals surface area contributed by atoms with Gasteiger partial charge in [-0.3, -0.25) is 9.78 Å². The molecule has 0 aliphatic carbocycles. The first-order chi connectivity index (χ1) is 19.4. The van der Waals surface area contributed by atoms with E-state index in [-0.39, 0.29) is 17.2 Å². The average molecular weight is 561 g/mol. The Morgan fingerprint density at radius 3 is 2.41 bits per heavy atom. The van der Waals surface area contributed by atoms with Crippen molar-refractivity contribution in [2.75, 3.05) is 17.7 Å². The van der Waals surface area contributed by atoms with Crippen molar-refractivity contribution in [1.82, 2.24) is 15.3 Å². The van der Waals surface area contributed by atoms with Gasteiger partial charge in [0.05, 0.1) is 30.3 Å². The Labute approximate surface area is 237 Å². The van der Waals surface area contributed by atoms with Crippen molar-refractivity contribution in [1.29, 1.82) is 0 Å². The predicted molar refractivity (Wildman–Crippen MR) is 156 cm³/mol. The molecule has 5 N–H and O–H groups in total. The normalized spacial score (nSPS) is 12.7. The summed E-state index contributed by atoms with van der Waals surface area (Å²) >= 11 is 0. The molecule has 0 spiro atoms. The van der Waals surface area contributed by atoms with Crippen LogP contribution in [0, 0.1) is 5.82 Å². The Morgan fingerprint density at radius 2 is 1.76 bits per heavy atom. The summed E-state index contributed by atoms with van der Waals surface area (Å²) in [5.41, 5.74) is 6.84. The molecule has 2 atom stereocenters. The first-order valence-electron chi connectivity index (χ1n) is 13.0. The van der Waals surface area contributed by atoms with Crippen molar-refractivity contribution in [3.63, 3.8) is 0 Å². The maximum atomic E-state index is 15.4. The van der Waals surface area contributed by atoms with E-state index in [9.17, 15) is 9.59 Å². The molecule has 4 rings (SSSR count). The number of anilines is 3. The number of fused-ring (bicyclic) bond motifs is 1. The maximum absolute atomic E-state index is 15.4. The lowest BCUT2D eigenvalue weighted by Crippen LogP contribution is -2.42. The van der Waals surface area contributed by atoms with Crippen molar-refractivity contribution in [3.05, 3.63) is 83.8 Å². The van der Waals surface area contributed by atoms with Crippen LogP contribution in [0.4, 0.5) is 26.5 Å². The molecule has 0 unspecified atom stereocenters. The minimum Gasteiger partial charge on any atom is -0.497 e. The van der Waals surface area contributed by atoms with Crippen LogP contribution in [0.3, 0.4) is 0 Å². The molecule has 2 aromatic carbocycles. The Bertz CT molecular complexity index is 1560. The van der Waals surface area contributed by atoms with Crippen molar-refractivity contribution in [2.24, 2.45) is 5.73 Å². The molecule has 2 amide bonds. The number of amides is 2. The molecular weight excluding hydrogens is 527 g/mol. The summed E-state index contributed by atoms with van der Waals surface area (Å²) in [6, 6.07) is 16.0. The van der Waals surface area contributed by atoms with E-state index in [4.69, 9.17) is 15.2 Å². The highest BCUT2D eigenvalue weighted by Gasteiger charge is 2.26. The van der Waals surface area contributed by atoms with E-state index in [0.29, 0.717) is 17.0 Å². The van der Waals surface area contributed by atoms with Crippen molar-refractivity contribution < 1.29 is 23.5 Å². The van der Waals surface area contributed by atoms with Crippen molar-refractivity contribution >= 4 is 40.2 Å². The number of primary amides is 1. The van der Waals surface area contributed by atoms with Crippen LogP contribution in [0.1, 0.15) is 49.7 Å². The van der Waals surface area contributed by atoms with Crippen molar-refractivity contribution in [3.8, 4) is 5.75 Å². The molecule has 11 heteroatoms. The number of carbonyl (C=O) groups is 2. The largest absolute Gasteiger partial charge is 0.497 e. The van der Waals surface area contributed by atoms with Gasteiger partial charge in [-0.1, -0.05) is 18.2 Å². The Kier molecular flexibility index (Phi) is 8.56. The lowest BCUT2D eigenvalue weighted by Gasteiger charge is -2.29. The third-order valence-electron chi connectivity index (χ3n) is 6.12. The van der Waals surface area contributed by atoms with E-state index in [2.05, 4.69) is 25.9 Å². The number of nitrogens with two attached hydrogens (primary N) is 1. The SMILES string of the molecule is COc1ccc([C@@H](Nc2nc(Nc3ccc4ncccc4c3)c(C(N)=O)cc2F)[C@H](C)NC(=O)OC(C)(C)C)cc1. The summed E-state index contributed by atoms with van der Waals surface area (Å²) in [6.45, 7) is 7.04. The van der Waals surface area contributed by atoms with Gasteiger partial charge in [0.25, 0.3) is 5.91 Å². The maximum Gasteiger partial charge on any atom is 0.407 e.